The molecular weight excluding hydrogens is 319 g/mol. The highest BCUT2D eigenvalue weighted by Crippen LogP contribution is 2.36. The van der Waals surface area contributed by atoms with Crippen LogP contribution in [0.15, 0.2) is 23.1 Å². The average molecular weight is 330 g/mol. The molecule has 0 saturated carbocycles. The third kappa shape index (κ3) is 2.78. The van der Waals surface area contributed by atoms with E-state index in [9.17, 15) is 26.7 Å². The van der Waals surface area contributed by atoms with Crippen LogP contribution < -0.4 is 0 Å². The molecule has 1 N–H and O–H groups in total. The first-order valence-electron chi connectivity index (χ1n) is 5.53. The molecule has 0 atom stereocenters. The Balaban J connectivity index is 2.42. The smallest absolute Gasteiger partial charge is 0.387 e. The summed E-state index contributed by atoms with van der Waals surface area (Å²) in [4.78, 5) is -0.607. The molecule has 1 aliphatic heterocycles. The number of alkyl halides is 3. The third-order valence-electron chi connectivity index (χ3n) is 2.91. The van der Waals surface area contributed by atoms with Gasteiger partial charge in [0.2, 0.25) is 10.0 Å². The zero-order chi connectivity index (χ0) is 15.3. The van der Waals surface area contributed by atoms with Crippen LogP contribution in [0.3, 0.4) is 0 Å². The molecule has 1 aromatic carbocycles. The fourth-order valence-corrected chi connectivity index (χ4v) is 4.07. The fraction of sp³-hybridized carbons (Fsp3) is 0.455. The number of hydrogen-bond acceptors (Lipinski definition) is 3. The molecule has 9 heteroatoms. The van der Waals surface area contributed by atoms with Gasteiger partial charge in [0.05, 0.1) is 16.2 Å². The van der Waals surface area contributed by atoms with Crippen LogP contribution in [0.1, 0.15) is 12.5 Å². The molecule has 1 aliphatic rings. The lowest BCUT2D eigenvalue weighted by Crippen LogP contribution is -2.61. The number of hydrogen-bond donors (Lipinski definition) is 1. The van der Waals surface area contributed by atoms with Gasteiger partial charge >= 0.3 is 6.18 Å². The van der Waals surface area contributed by atoms with E-state index in [1.165, 1.54) is 6.92 Å². The van der Waals surface area contributed by atoms with Gasteiger partial charge in [-0.3, -0.25) is 0 Å². The molecule has 2 rings (SSSR count). The van der Waals surface area contributed by atoms with Crippen LogP contribution in [-0.2, 0) is 16.2 Å². The van der Waals surface area contributed by atoms with E-state index < -0.39 is 32.3 Å². The molecule has 0 bridgehead atoms. The Bertz CT molecular complexity index is 635. The molecular formula is C11H11ClF3NO3S. The second-order valence-electron chi connectivity index (χ2n) is 4.91. The van der Waals surface area contributed by atoms with Gasteiger partial charge in [-0.2, -0.15) is 17.5 Å². The Morgan fingerprint density at radius 2 is 1.90 bits per heavy atom. The van der Waals surface area contributed by atoms with E-state index in [-0.39, 0.29) is 18.1 Å². The molecule has 20 heavy (non-hydrogen) atoms. The van der Waals surface area contributed by atoms with Crippen molar-refractivity contribution in [3.8, 4) is 0 Å². The van der Waals surface area contributed by atoms with E-state index in [1.807, 2.05) is 0 Å². The third-order valence-corrected chi connectivity index (χ3v) is 5.18. The molecule has 0 radical (unpaired) electrons. The van der Waals surface area contributed by atoms with Crippen LogP contribution in [-0.4, -0.2) is 36.5 Å². The van der Waals surface area contributed by atoms with E-state index in [2.05, 4.69) is 0 Å². The average Bonchev–Trinajstić information content (AvgIpc) is 2.24. The number of halogens is 4. The SMILES string of the molecule is CC1(O)CN(S(=O)(=O)c2cc(C(F)(F)F)ccc2Cl)C1. The fourth-order valence-electron chi connectivity index (χ4n) is 1.90. The maximum absolute atomic E-state index is 12.6. The van der Waals surface area contributed by atoms with E-state index >= 15 is 0 Å². The van der Waals surface area contributed by atoms with Crippen LogP contribution in [0.2, 0.25) is 5.02 Å². The summed E-state index contributed by atoms with van der Waals surface area (Å²) in [7, 11) is -4.15. The van der Waals surface area contributed by atoms with E-state index in [0.717, 1.165) is 10.4 Å². The van der Waals surface area contributed by atoms with Gasteiger partial charge in [-0.05, 0) is 25.1 Å². The Hall–Kier alpha value is -0.830. The molecule has 112 valence electrons. The molecule has 0 amide bonds. The number of β-amino-alcohol motifs (C(OH)–C–C–N with tert-alkyl or cyclic N) is 1. The number of benzene rings is 1. The van der Waals surface area contributed by atoms with Gasteiger partial charge in [0, 0.05) is 13.1 Å². The lowest BCUT2D eigenvalue weighted by atomic mass is 10.0. The second kappa shape index (κ2) is 4.59. The summed E-state index contributed by atoms with van der Waals surface area (Å²) in [6.45, 7) is 1.08. The van der Waals surface area contributed by atoms with Crippen molar-refractivity contribution >= 4 is 21.6 Å². The van der Waals surface area contributed by atoms with Crippen LogP contribution in [0.25, 0.3) is 0 Å². The largest absolute Gasteiger partial charge is 0.416 e. The minimum Gasteiger partial charge on any atom is -0.387 e. The van der Waals surface area contributed by atoms with Gasteiger partial charge < -0.3 is 5.11 Å². The first-order valence-corrected chi connectivity index (χ1v) is 7.35. The topological polar surface area (TPSA) is 57.6 Å². The highest BCUT2D eigenvalue weighted by atomic mass is 35.5. The molecule has 0 unspecified atom stereocenters. The van der Waals surface area contributed by atoms with Crippen molar-refractivity contribution in [2.24, 2.45) is 0 Å². The van der Waals surface area contributed by atoms with Crippen molar-refractivity contribution in [3.05, 3.63) is 28.8 Å². The van der Waals surface area contributed by atoms with Crippen molar-refractivity contribution < 1.29 is 26.7 Å². The van der Waals surface area contributed by atoms with Gasteiger partial charge in [0.25, 0.3) is 0 Å². The lowest BCUT2D eigenvalue weighted by Gasteiger charge is -2.42. The maximum Gasteiger partial charge on any atom is 0.416 e. The highest BCUT2D eigenvalue weighted by Gasteiger charge is 2.45. The standard InChI is InChI=1S/C11H11ClF3NO3S/c1-10(17)5-16(6-10)20(18,19)9-4-7(11(13,14)15)2-3-8(9)12/h2-4,17H,5-6H2,1H3. The number of rotatable bonds is 2. The number of sulfonamides is 1. The number of nitrogens with zero attached hydrogens (tertiary/aromatic N) is 1. The molecule has 1 fully saturated rings. The molecule has 1 heterocycles. The van der Waals surface area contributed by atoms with Crippen LogP contribution in [0, 0.1) is 0 Å². The van der Waals surface area contributed by atoms with Crippen LogP contribution in [0.5, 0.6) is 0 Å². The summed E-state index contributed by atoms with van der Waals surface area (Å²) in [6, 6.07) is 2.12. The molecule has 0 aliphatic carbocycles. The van der Waals surface area contributed by atoms with Crippen molar-refractivity contribution in [1.82, 2.24) is 4.31 Å². The van der Waals surface area contributed by atoms with Gasteiger partial charge in [0.15, 0.2) is 0 Å². The highest BCUT2D eigenvalue weighted by molar-refractivity contribution is 7.89. The van der Waals surface area contributed by atoms with E-state index in [4.69, 9.17) is 11.6 Å². The zero-order valence-electron chi connectivity index (χ0n) is 10.3. The van der Waals surface area contributed by atoms with Crippen molar-refractivity contribution in [2.45, 2.75) is 23.6 Å². The number of aliphatic hydroxyl groups is 1. The Morgan fingerprint density at radius 1 is 1.35 bits per heavy atom. The first-order chi connectivity index (χ1) is 8.93. The predicted molar refractivity (Wildman–Crippen MR) is 65.8 cm³/mol. The van der Waals surface area contributed by atoms with Crippen LogP contribution >= 0.6 is 11.6 Å². The van der Waals surface area contributed by atoms with Crippen LogP contribution in [0.4, 0.5) is 13.2 Å². The van der Waals surface area contributed by atoms with Crippen molar-refractivity contribution in [3.63, 3.8) is 0 Å². The summed E-state index contributed by atoms with van der Waals surface area (Å²) < 4.78 is 63.1. The normalized spacial score (nSPS) is 19.7. The summed E-state index contributed by atoms with van der Waals surface area (Å²) in [5.41, 5.74) is -2.26. The molecule has 4 nitrogen and oxygen atoms in total. The second-order valence-corrected chi connectivity index (χ2v) is 7.23. The lowest BCUT2D eigenvalue weighted by molar-refractivity contribution is -0.137. The minimum atomic E-state index is -4.66. The maximum atomic E-state index is 12.6. The molecule has 0 aromatic heterocycles. The van der Waals surface area contributed by atoms with E-state index in [1.54, 1.807) is 0 Å². The van der Waals surface area contributed by atoms with E-state index in [0.29, 0.717) is 12.1 Å². The molecule has 1 aromatic rings. The van der Waals surface area contributed by atoms with Gasteiger partial charge in [-0.25, -0.2) is 8.42 Å². The van der Waals surface area contributed by atoms with Crippen molar-refractivity contribution in [2.75, 3.05) is 13.1 Å². The van der Waals surface area contributed by atoms with Gasteiger partial charge in [0.1, 0.15) is 4.90 Å². The summed E-state index contributed by atoms with van der Waals surface area (Å²) in [5, 5.41) is 9.24. The quantitative estimate of drug-likeness (QED) is 0.904. The summed E-state index contributed by atoms with van der Waals surface area (Å²) in [5.74, 6) is 0. The predicted octanol–water partition coefficient (Wildman–Crippen LogP) is 2.11. The van der Waals surface area contributed by atoms with Gasteiger partial charge in [-0.15, -0.1) is 0 Å². The first kappa shape index (κ1) is 15.6. The van der Waals surface area contributed by atoms with Crippen molar-refractivity contribution in [1.29, 1.82) is 0 Å². The summed E-state index contributed by atoms with van der Waals surface area (Å²) in [6.07, 6.45) is -4.66. The minimum absolute atomic E-state index is 0.179. The Labute approximate surface area is 118 Å². The molecule has 1 saturated heterocycles. The van der Waals surface area contributed by atoms with Gasteiger partial charge in [-0.1, -0.05) is 11.6 Å². The zero-order valence-corrected chi connectivity index (χ0v) is 11.8. The summed E-state index contributed by atoms with van der Waals surface area (Å²) >= 11 is 5.69. The Morgan fingerprint density at radius 3 is 2.35 bits per heavy atom. The Kier molecular flexibility index (Phi) is 3.57. The molecule has 0 spiro atoms. The monoisotopic (exact) mass is 329 g/mol.